The van der Waals surface area contributed by atoms with Crippen molar-refractivity contribution in [2.45, 2.75) is 12.2 Å². The van der Waals surface area contributed by atoms with Gasteiger partial charge in [-0.1, -0.05) is 18.2 Å². The Bertz CT molecular complexity index is 585. The van der Waals surface area contributed by atoms with Gasteiger partial charge >= 0.3 is 6.18 Å². The molecule has 1 atom stereocenters. The molecule has 0 bridgehead atoms. The molecule has 1 aromatic heterocycles. The van der Waals surface area contributed by atoms with Gasteiger partial charge in [0.15, 0.2) is 0 Å². The van der Waals surface area contributed by atoms with Crippen molar-refractivity contribution < 1.29 is 13.2 Å². The van der Waals surface area contributed by atoms with Crippen molar-refractivity contribution in [3.05, 3.63) is 36.0 Å². The lowest BCUT2D eigenvalue weighted by Gasteiger charge is -2.35. The van der Waals surface area contributed by atoms with Gasteiger partial charge in [0.05, 0.1) is 0 Å². The Kier molecular flexibility index (Phi) is 3.43. The summed E-state index contributed by atoms with van der Waals surface area (Å²) in [5.41, 5.74) is 1.06. The second-order valence-electron chi connectivity index (χ2n) is 5.02. The van der Waals surface area contributed by atoms with Crippen molar-refractivity contribution in [3.8, 4) is 0 Å². The SMILES string of the molecule is FC(F)(F)[C@@H](c1c[nH]c2ccccc12)N1CCNCC1. The molecule has 0 aliphatic carbocycles. The summed E-state index contributed by atoms with van der Waals surface area (Å²) >= 11 is 0. The van der Waals surface area contributed by atoms with Gasteiger partial charge in [-0.05, 0) is 6.07 Å². The Morgan fingerprint density at radius 1 is 1.10 bits per heavy atom. The van der Waals surface area contributed by atoms with E-state index < -0.39 is 12.2 Å². The lowest BCUT2D eigenvalue weighted by Crippen LogP contribution is -2.49. The molecule has 1 aliphatic rings. The van der Waals surface area contributed by atoms with Crippen LogP contribution in [0.4, 0.5) is 13.2 Å². The van der Waals surface area contributed by atoms with E-state index in [1.165, 1.54) is 11.1 Å². The number of aromatic nitrogens is 1. The molecule has 6 heteroatoms. The van der Waals surface area contributed by atoms with Gasteiger partial charge in [-0.3, -0.25) is 4.90 Å². The third-order valence-corrected chi connectivity index (χ3v) is 3.74. The van der Waals surface area contributed by atoms with Crippen LogP contribution >= 0.6 is 0 Å². The molecule has 20 heavy (non-hydrogen) atoms. The summed E-state index contributed by atoms with van der Waals surface area (Å²) in [5.74, 6) is 0. The first-order valence-corrected chi connectivity index (χ1v) is 6.65. The molecule has 2 heterocycles. The van der Waals surface area contributed by atoms with E-state index in [2.05, 4.69) is 10.3 Å². The summed E-state index contributed by atoms with van der Waals surface area (Å²) in [7, 11) is 0. The minimum atomic E-state index is -4.28. The molecular formula is C14H16F3N3. The number of rotatable bonds is 2. The quantitative estimate of drug-likeness (QED) is 0.888. The van der Waals surface area contributed by atoms with Crippen molar-refractivity contribution >= 4 is 10.9 Å². The Morgan fingerprint density at radius 3 is 2.50 bits per heavy atom. The summed E-state index contributed by atoms with van der Waals surface area (Å²) in [6.45, 7) is 2.00. The number of hydrogen-bond donors (Lipinski definition) is 2. The normalized spacial score (nSPS) is 19.4. The monoisotopic (exact) mass is 283 g/mol. The van der Waals surface area contributed by atoms with Gasteiger partial charge in [-0.25, -0.2) is 0 Å². The number of nitrogens with zero attached hydrogens (tertiary/aromatic N) is 1. The van der Waals surface area contributed by atoms with Crippen LogP contribution in [0.15, 0.2) is 30.5 Å². The van der Waals surface area contributed by atoms with Crippen molar-refractivity contribution in [2.24, 2.45) is 0 Å². The van der Waals surface area contributed by atoms with E-state index in [1.807, 2.05) is 6.07 Å². The molecule has 1 aliphatic heterocycles. The number of nitrogens with one attached hydrogen (secondary N) is 2. The topological polar surface area (TPSA) is 31.1 Å². The number of piperazine rings is 1. The molecule has 3 nitrogen and oxygen atoms in total. The first-order chi connectivity index (χ1) is 9.57. The van der Waals surface area contributed by atoms with Gasteiger partial charge in [-0.2, -0.15) is 13.2 Å². The van der Waals surface area contributed by atoms with Crippen LogP contribution in [0.3, 0.4) is 0 Å². The largest absolute Gasteiger partial charge is 0.408 e. The van der Waals surface area contributed by atoms with Crippen LogP contribution in [-0.4, -0.2) is 42.2 Å². The van der Waals surface area contributed by atoms with E-state index >= 15 is 0 Å². The van der Waals surface area contributed by atoms with Crippen molar-refractivity contribution in [1.29, 1.82) is 0 Å². The number of aromatic amines is 1. The van der Waals surface area contributed by atoms with Crippen LogP contribution in [0.5, 0.6) is 0 Å². The maximum Gasteiger partial charge on any atom is 0.408 e. The summed E-state index contributed by atoms with van der Waals surface area (Å²) in [5, 5.41) is 3.73. The molecule has 0 amide bonds. The number of hydrogen-bond acceptors (Lipinski definition) is 2. The minimum absolute atomic E-state index is 0.315. The number of fused-ring (bicyclic) bond motifs is 1. The first kappa shape index (κ1) is 13.5. The molecule has 2 aromatic rings. The smallest absolute Gasteiger partial charge is 0.361 e. The molecule has 108 valence electrons. The van der Waals surface area contributed by atoms with Crippen LogP contribution < -0.4 is 5.32 Å². The molecule has 0 saturated carbocycles. The fraction of sp³-hybridized carbons (Fsp3) is 0.429. The zero-order chi connectivity index (χ0) is 14.2. The van der Waals surface area contributed by atoms with E-state index in [9.17, 15) is 13.2 Å². The molecule has 0 spiro atoms. The fourth-order valence-electron chi connectivity index (χ4n) is 2.84. The average Bonchev–Trinajstić information content (AvgIpc) is 2.83. The van der Waals surface area contributed by atoms with Gasteiger partial charge in [0.1, 0.15) is 6.04 Å². The standard InChI is InChI=1S/C14H16F3N3/c15-14(16,17)13(20-7-5-18-6-8-20)11-9-19-12-4-2-1-3-10(11)12/h1-4,9,13,18-19H,5-8H2/t13-/m1/s1. The number of benzene rings is 1. The van der Waals surface area contributed by atoms with Gasteiger partial charge in [0, 0.05) is 48.8 Å². The van der Waals surface area contributed by atoms with Crippen LogP contribution in [0.2, 0.25) is 0 Å². The highest BCUT2D eigenvalue weighted by atomic mass is 19.4. The zero-order valence-corrected chi connectivity index (χ0v) is 10.9. The molecule has 1 saturated heterocycles. The van der Waals surface area contributed by atoms with Crippen LogP contribution in [-0.2, 0) is 0 Å². The minimum Gasteiger partial charge on any atom is -0.361 e. The fourth-order valence-corrected chi connectivity index (χ4v) is 2.84. The van der Waals surface area contributed by atoms with Gasteiger partial charge in [-0.15, -0.1) is 0 Å². The summed E-state index contributed by atoms with van der Waals surface area (Å²) in [6.07, 6.45) is -2.78. The number of alkyl halides is 3. The summed E-state index contributed by atoms with van der Waals surface area (Å²) in [6, 6.07) is 5.58. The molecule has 1 fully saturated rings. The summed E-state index contributed by atoms with van der Waals surface area (Å²) in [4.78, 5) is 4.44. The van der Waals surface area contributed by atoms with Crippen LogP contribution in [0, 0.1) is 0 Å². The molecule has 0 radical (unpaired) electrons. The maximum atomic E-state index is 13.5. The highest BCUT2D eigenvalue weighted by molar-refractivity contribution is 5.83. The van der Waals surface area contributed by atoms with E-state index in [0.29, 0.717) is 37.1 Å². The van der Waals surface area contributed by atoms with E-state index in [1.54, 1.807) is 18.2 Å². The molecular weight excluding hydrogens is 267 g/mol. The Hall–Kier alpha value is -1.53. The van der Waals surface area contributed by atoms with Gasteiger partial charge < -0.3 is 10.3 Å². The molecule has 2 N–H and O–H groups in total. The van der Waals surface area contributed by atoms with E-state index in [0.717, 1.165) is 5.52 Å². The van der Waals surface area contributed by atoms with Crippen molar-refractivity contribution in [1.82, 2.24) is 15.2 Å². The molecule has 3 rings (SSSR count). The lowest BCUT2D eigenvalue weighted by molar-refractivity contribution is -0.187. The highest BCUT2D eigenvalue weighted by Crippen LogP contribution is 2.40. The number of H-pyrrole nitrogens is 1. The predicted molar refractivity (Wildman–Crippen MR) is 71.5 cm³/mol. The molecule has 1 aromatic carbocycles. The first-order valence-electron chi connectivity index (χ1n) is 6.65. The Balaban J connectivity index is 2.04. The van der Waals surface area contributed by atoms with Gasteiger partial charge in [0.2, 0.25) is 0 Å². The average molecular weight is 283 g/mol. The highest BCUT2D eigenvalue weighted by Gasteiger charge is 2.45. The van der Waals surface area contributed by atoms with E-state index in [4.69, 9.17) is 0 Å². The third-order valence-electron chi connectivity index (χ3n) is 3.74. The second-order valence-corrected chi connectivity index (χ2v) is 5.02. The van der Waals surface area contributed by atoms with Crippen LogP contribution in [0.25, 0.3) is 10.9 Å². The second kappa shape index (κ2) is 5.10. The third kappa shape index (κ3) is 2.41. The zero-order valence-electron chi connectivity index (χ0n) is 10.9. The summed E-state index contributed by atoms with van der Waals surface area (Å²) < 4.78 is 40.6. The molecule has 0 unspecified atom stereocenters. The number of halogens is 3. The maximum absolute atomic E-state index is 13.5. The predicted octanol–water partition coefficient (Wildman–Crippen LogP) is 2.68. The Morgan fingerprint density at radius 2 is 1.80 bits per heavy atom. The van der Waals surface area contributed by atoms with Gasteiger partial charge in [0.25, 0.3) is 0 Å². The van der Waals surface area contributed by atoms with Crippen molar-refractivity contribution in [2.75, 3.05) is 26.2 Å². The van der Waals surface area contributed by atoms with Crippen LogP contribution in [0.1, 0.15) is 11.6 Å². The number of para-hydroxylation sites is 1. The van der Waals surface area contributed by atoms with Crippen molar-refractivity contribution in [3.63, 3.8) is 0 Å². The lowest BCUT2D eigenvalue weighted by atomic mass is 10.0. The Labute approximate surface area is 114 Å². The van der Waals surface area contributed by atoms with E-state index in [-0.39, 0.29) is 0 Å².